The highest BCUT2D eigenvalue weighted by molar-refractivity contribution is 6.00. The van der Waals surface area contributed by atoms with Crippen LogP contribution in [0.4, 0.5) is 11.4 Å². The highest BCUT2D eigenvalue weighted by Gasteiger charge is 2.21. The highest BCUT2D eigenvalue weighted by Crippen LogP contribution is 2.25. The first kappa shape index (κ1) is 14.5. The molecule has 0 unspecified atom stereocenters. The van der Waals surface area contributed by atoms with Gasteiger partial charge < -0.3 is 10.6 Å². The zero-order chi connectivity index (χ0) is 15.6. The molecule has 2 N–H and O–H groups in total. The molecule has 1 aromatic heterocycles. The van der Waals surface area contributed by atoms with Crippen LogP contribution in [0.2, 0.25) is 0 Å². The SMILES string of the molecule is CN(Cc1cnn(C)c1)C(=O)c1cccc([N+](=O)[O-])c1N. The van der Waals surface area contributed by atoms with E-state index in [0.717, 1.165) is 5.56 Å². The molecule has 2 aromatic rings. The molecule has 1 heterocycles. The molecule has 8 nitrogen and oxygen atoms in total. The molecule has 0 spiro atoms. The van der Waals surface area contributed by atoms with Gasteiger partial charge in [-0.25, -0.2) is 0 Å². The van der Waals surface area contributed by atoms with E-state index >= 15 is 0 Å². The number of rotatable bonds is 4. The van der Waals surface area contributed by atoms with E-state index < -0.39 is 4.92 Å². The summed E-state index contributed by atoms with van der Waals surface area (Å²) in [6.07, 6.45) is 3.45. The number of hydrogen-bond acceptors (Lipinski definition) is 5. The minimum absolute atomic E-state index is 0.120. The summed E-state index contributed by atoms with van der Waals surface area (Å²) >= 11 is 0. The van der Waals surface area contributed by atoms with E-state index in [9.17, 15) is 14.9 Å². The first-order chi connectivity index (χ1) is 9.90. The van der Waals surface area contributed by atoms with E-state index in [1.54, 1.807) is 31.2 Å². The van der Waals surface area contributed by atoms with Crippen molar-refractivity contribution in [2.75, 3.05) is 12.8 Å². The molecule has 0 radical (unpaired) electrons. The van der Waals surface area contributed by atoms with Crippen LogP contribution >= 0.6 is 0 Å². The summed E-state index contributed by atoms with van der Waals surface area (Å²) in [5.74, 6) is -0.375. The van der Waals surface area contributed by atoms with Crippen molar-refractivity contribution >= 4 is 17.3 Å². The number of nitro groups is 1. The van der Waals surface area contributed by atoms with Crippen LogP contribution in [0.5, 0.6) is 0 Å². The van der Waals surface area contributed by atoms with E-state index in [-0.39, 0.29) is 22.8 Å². The van der Waals surface area contributed by atoms with E-state index in [4.69, 9.17) is 5.73 Å². The largest absolute Gasteiger partial charge is 0.393 e. The first-order valence-corrected chi connectivity index (χ1v) is 6.16. The molecule has 2 rings (SSSR count). The molecule has 0 saturated carbocycles. The van der Waals surface area contributed by atoms with Crippen molar-refractivity contribution in [2.45, 2.75) is 6.54 Å². The number of nitrogens with zero attached hydrogens (tertiary/aromatic N) is 4. The van der Waals surface area contributed by atoms with Crippen molar-refractivity contribution in [1.82, 2.24) is 14.7 Å². The third-order valence-corrected chi connectivity index (χ3v) is 3.04. The molecule has 21 heavy (non-hydrogen) atoms. The summed E-state index contributed by atoms with van der Waals surface area (Å²) in [4.78, 5) is 24.0. The topological polar surface area (TPSA) is 107 Å². The Morgan fingerprint density at radius 2 is 2.24 bits per heavy atom. The highest BCUT2D eigenvalue weighted by atomic mass is 16.6. The Bertz CT molecular complexity index is 695. The lowest BCUT2D eigenvalue weighted by Crippen LogP contribution is -2.27. The number of carbonyl (C=O) groups excluding carboxylic acids is 1. The van der Waals surface area contributed by atoms with Gasteiger partial charge in [0.05, 0.1) is 16.7 Å². The van der Waals surface area contributed by atoms with E-state index in [2.05, 4.69) is 5.10 Å². The Kier molecular flexibility index (Phi) is 3.88. The number of nitrogen functional groups attached to an aromatic ring is 1. The molecule has 0 saturated heterocycles. The molecule has 8 heteroatoms. The number of aromatic nitrogens is 2. The molecule has 0 atom stereocenters. The van der Waals surface area contributed by atoms with E-state index in [1.807, 2.05) is 0 Å². The van der Waals surface area contributed by atoms with Crippen LogP contribution < -0.4 is 5.73 Å². The number of carbonyl (C=O) groups is 1. The minimum Gasteiger partial charge on any atom is -0.393 e. The number of hydrogen-bond donors (Lipinski definition) is 1. The lowest BCUT2D eigenvalue weighted by molar-refractivity contribution is -0.383. The van der Waals surface area contributed by atoms with Gasteiger partial charge in [-0.15, -0.1) is 0 Å². The average molecular weight is 289 g/mol. The maximum Gasteiger partial charge on any atom is 0.292 e. The maximum absolute atomic E-state index is 12.3. The van der Waals surface area contributed by atoms with Gasteiger partial charge in [0.25, 0.3) is 11.6 Å². The van der Waals surface area contributed by atoms with Gasteiger partial charge in [0, 0.05) is 38.5 Å². The smallest absolute Gasteiger partial charge is 0.292 e. The number of para-hydroxylation sites is 1. The molecule has 110 valence electrons. The average Bonchev–Trinajstić information content (AvgIpc) is 2.83. The number of anilines is 1. The maximum atomic E-state index is 12.3. The Morgan fingerprint density at radius 3 is 2.81 bits per heavy atom. The van der Waals surface area contributed by atoms with Gasteiger partial charge >= 0.3 is 0 Å². The van der Waals surface area contributed by atoms with E-state index in [0.29, 0.717) is 6.54 Å². The second-order valence-electron chi connectivity index (χ2n) is 4.68. The Labute approximate surface area is 120 Å². The quantitative estimate of drug-likeness (QED) is 0.516. The van der Waals surface area contributed by atoms with Gasteiger partial charge in [-0.1, -0.05) is 6.07 Å². The molecule has 1 aromatic carbocycles. The van der Waals surface area contributed by atoms with Crippen molar-refractivity contribution < 1.29 is 9.72 Å². The molecular formula is C13H15N5O3. The lowest BCUT2D eigenvalue weighted by Gasteiger charge is -2.17. The molecule has 0 aliphatic heterocycles. The summed E-state index contributed by atoms with van der Waals surface area (Å²) in [6.45, 7) is 0.342. The fourth-order valence-corrected chi connectivity index (χ4v) is 2.00. The molecule has 0 aliphatic rings. The summed E-state index contributed by atoms with van der Waals surface area (Å²) in [6, 6.07) is 4.19. The van der Waals surface area contributed by atoms with Gasteiger partial charge in [-0.3, -0.25) is 19.6 Å². The molecule has 1 amide bonds. The summed E-state index contributed by atoms with van der Waals surface area (Å²) < 4.78 is 1.63. The van der Waals surface area contributed by atoms with Crippen molar-refractivity contribution in [3.63, 3.8) is 0 Å². The molecule has 0 bridgehead atoms. The third-order valence-electron chi connectivity index (χ3n) is 3.04. The van der Waals surface area contributed by atoms with Gasteiger partial charge in [0.2, 0.25) is 0 Å². The molecule has 0 aliphatic carbocycles. The van der Waals surface area contributed by atoms with Crippen molar-refractivity contribution in [3.05, 3.63) is 51.8 Å². The fourth-order valence-electron chi connectivity index (χ4n) is 2.00. The second-order valence-corrected chi connectivity index (χ2v) is 4.68. The predicted molar refractivity (Wildman–Crippen MR) is 76.5 cm³/mol. The molecular weight excluding hydrogens is 274 g/mol. The third kappa shape index (κ3) is 2.99. The van der Waals surface area contributed by atoms with Crippen LogP contribution in [0.25, 0.3) is 0 Å². The number of nitro benzene ring substituents is 1. The number of benzene rings is 1. The normalized spacial score (nSPS) is 10.4. The Balaban J connectivity index is 2.23. The second kappa shape index (κ2) is 5.61. The van der Waals surface area contributed by atoms with E-state index in [1.165, 1.54) is 23.1 Å². The molecule has 0 fully saturated rings. The Morgan fingerprint density at radius 1 is 1.52 bits per heavy atom. The minimum atomic E-state index is -0.604. The summed E-state index contributed by atoms with van der Waals surface area (Å²) in [5.41, 5.74) is 6.31. The summed E-state index contributed by atoms with van der Waals surface area (Å²) in [7, 11) is 3.39. The van der Waals surface area contributed by atoms with Crippen molar-refractivity contribution in [2.24, 2.45) is 7.05 Å². The fraction of sp³-hybridized carbons (Fsp3) is 0.231. The van der Waals surface area contributed by atoms with Crippen LogP contribution in [0, 0.1) is 10.1 Å². The van der Waals surface area contributed by atoms with Gasteiger partial charge in [0.15, 0.2) is 0 Å². The lowest BCUT2D eigenvalue weighted by atomic mass is 10.1. The number of nitrogens with two attached hydrogens (primary N) is 1. The zero-order valence-electron chi connectivity index (χ0n) is 11.7. The number of aryl methyl sites for hydroxylation is 1. The van der Waals surface area contributed by atoms with Crippen LogP contribution in [-0.4, -0.2) is 32.6 Å². The zero-order valence-corrected chi connectivity index (χ0v) is 11.7. The van der Waals surface area contributed by atoms with Gasteiger partial charge in [-0.05, 0) is 6.07 Å². The van der Waals surface area contributed by atoms with Crippen LogP contribution in [-0.2, 0) is 13.6 Å². The predicted octanol–water partition coefficient (Wildman–Crippen LogP) is 1.18. The van der Waals surface area contributed by atoms with Crippen LogP contribution in [0.1, 0.15) is 15.9 Å². The van der Waals surface area contributed by atoms with Gasteiger partial charge in [-0.2, -0.15) is 5.10 Å². The standard InChI is InChI=1S/C13H15N5O3/c1-16(7-9-6-15-17(2)8-9)13(19)10-4-3-5-11(12(10)14)18(20)21/h3-6,8H,7,14H2,1-2H3. The monoisotopic (exact) mass is 289 g/mol. The van der Waals surface area contributed by atoms with Crippen LogP contribution in [0.15, 0.2) is 30.6 Å². The van der Waals surface area contributed by atoms with Crippen LogP contribution in [0.3, 0.4) is 0 Å². The Hall–Kier alpha value is -2.90. The first-order valence-electron chi connectivity index (χ1n) is 6.16. The number of amides is 1. The summed E-state index contributed by atoms with van der Waals surface area (Å²) in [5, 5.41) is 14.9. The van der Waals surface area contributed by atoms with Crippen molar-refractivity contribution in [1.29, 1.82) is 0 Å². The van der Waals surface area contributed by atoms with Crippen molar-refractivity contribution in [3.8, 4) is 0 Å². The van der Waals surface area contributed by atoms with Gasteiger partial charge in [0.1, 0.15) is 5.69 Å².